The van der Waals surface area contributed by atoms with Crippen molar-refractivity contribution in [3.63, 3.8) is 0 Å². The Bertz CT molecular complexity index is 941. The molecule has 0 spiro atoms. The van der Waals surface area contributed by atoms with Crippen LogP contribution in [0.1, 0.15) is 15.9 Å². The molecule has 1 aliphatic rings. The van der Waals surface area contributed by atoms with Crippen molar-refractivity contribution in [1.82, 2.24) is 14.8 Å². The van der Waals surface area contributed by atoms with E-state index < -0.39 is 0 Å². The van der Waals surface area contributed by atoms with Gasteiger partial charge in [-0.25, -0.2) is 14.1 Å². The molecule has 8 heteroatoms. The van der Waals surface area contributed by atoms with Gasteiger partial charge in [0.25, 0.3) is 5.91 Å². The molecule has 3 aromatic rings. The molecular formula is C17H13FN4O3. The monoisotopic (exact) mass is 340 g/mol. The van der Waals surface area contributed by atoms with Gasteiger partial charge in [0.2, 0.25) is 12.7 Å². The number of hydrogen-bond acceptors (Lipinski definition) is 5. The maximum atomic E-state index is 13.7. The van der Waals surface area contributed by atoms with Crippen LogP contribution in [0.15, 0.2) is 48.8 Å². The fourth-order valence-electron chi connectivity index (χ4n) is 2.44. The van der Waals surface area contributed by atoms with Crippen LogP contribution in [0, 0.1) is 5.82 Å². The van der Waals surface area contributed by atoms with Gasteiger partial charge < -0.3 is 9.47 Å². The summed E-state index contributed by atoms with van der Waals surface area (Å²) < 4.78 is 25.6. The van der Waals surface area contributed by atoms with Gasteiger partial charge in [-0.3, -0.25) is 10.1 Å². The number of aromatic nitrogens is 3. The highest BCUT2D eigenvalue weighted by molar-refractivity contribution is 6.03. The largest absolute Gasteiger partial charge is 0.454 e. The number of amides is 1. The summed E-state index contributed by atoms with van der Waals surface area (Å²) in [5, 5.41) is 6.73. The molecule has 0 atom stereocenters. The Kier molecular flexibility index (Phi) is 3.77. The van der Waals surface area contributed by atoms with E-state index >= 15 is 0 Å². The van der Waals surface area contributed by atoms with Crippen LogP contribution in [-0.4, -0.2) is 27.5 Å². The number of carbonyl (C=O) groups is 1. The molecule has 0 aliphatic carbocycles. The lowest BCUT2D eigenvalue weighted by atomic mass is 10.2. The minimum Gasteiger partial charge on any atom is -0.454 e. The van der Waals surface area contributed by atoms with E-state index in [1.54, 1.807) is 36.4 Å². The van der Waals surface area contributed by atoms with Gasteiger partial charge in [0.1, 0.15) is 12.1 Å². The Morgan fingerprint density at radius 2 is 2.04 bits per heavy atom. The highest BCUT2D eigenvalue weighted by Gasteiger charge is 2.17. The van der Waals surface area contributed by atoms with Crippen LogP contribution in [-0.2, 0) is 6.54 Å². The molecule has 1 amide bonds. The predicted octanol–water partition coefficient (Wildman–Crippen LogP) is 2.45. The van der Waals surface area contributed by atoms with Gasteiger partial charge in [0, 0.05) is 11.1 Å². The first-order valence-corrected chi connectivity index (χ1v) is 7.53. The summed E-state index contributed by atoms with van der Waals surface area (Å²) >= 11 is 0. The lowest BCUT2D eigenvalue weighted by Crippen LogP contribution is -2.13. The number of benzene rings is 2. The molecule has 1 N–H and O–H groups in total. The number of fused-ring (bicyclic) bond motifs is 1. The predicted molar refractivity (Wildman–Crippen MR) is 86.0 cm³/mol. The van der Waals surface area contributed by atoms with Gasteiger partial charge in [-0.05, 0) is 24.3 Å². The van der Waals surface area contributed by atoms with Crippen LogP contribution in [0.3, 0.4) is 0 Å². The first-order chi connectivity index (χ1) is 12.2. The molecule has 0 bridgehead atoms. The molecular weight excluding hydrogens is 327 g/mol. The topological polar surface area (TPSA) is 78.3 Å². The third kappa shape index (κ3) is 3.14. The van der Waals surface area contributed by atoms with Crippen molar-refractivity contribution >= 4 is 11.9 Å². The quantitative estimate of drug-likeness (QED) is 0.789. The van der Waals surface area contributed by atoms with Crippen molar-refractivity contribution < 1.29 is 18.7 Å². The van der Waals surface area contributed by atoms with Crippen LogP contribution in [0.4, 0.5) is 10.3 Å². The summed E-state index contributed by atoms with van der Waals surface area (Å²) in [6.45, 7) is 0.363. The lowest BCUT2D eigenvalue weighted by Gasteiger charge is -2.03. The van der Waals surface area contributed by atoms with E-state index in [2.05, 4.69) is 15.4 Å². The minimum absolute atomic E-state index is 0.138. The van der Waals surface area contributed by atoms with Crippen molar-refractivity contribution in [3.8, 4) is 11.5 Å². The molecule has 1 aliphatic heterocycles. The number of halogens is 1. The van der Waals surface area contributed by atoms with Gasteiger partial charge in [-0.2, -0.15) is 0 Å². The molecule has 0 unspecified atom stereocenters. The summed E-state index contributed by atoms with van der Waals surface area (Å²) in [6, 6.07) is 11.3. The fraction of sp³-hybridized carbons (Fsp3) is 0.118. The second-order valence-electron chi connectivity index (χ2n) is 5.38. The number of nitrogens with zero attached hydrogens (tertiary/aromatic N) is 3. The molecule has 2 heterocycles. The molecule has 0 fully saturated rings. The molecule has 0 radical (unpaired) electrons. The van der Waals surface area contributed by atoms with Crippen LogP contribution < -0.4 is 14.8 Å². The number of rotatable bonds is 4. The van der Waals surface area contributed by atoms with E-state index in [0.717, 1.165) is 0 Å². The van der Waals surface area contributed by atoms with E-state index in [1.165, 1.54) is 17.1 Å². The summed E-state index contributed by atoms with van der Waals surface area (Å²) in [4.78, 5) is 16.3. The van der Waals surface area contributed by atoms with E-state index in [-0.39, 0.29) is 31.0 Å². The first kappa shape index (κ1) is 15.1. The number of carbonyl (C=O) groups excluding carboxylic acids is 1. The first-order valence-electron chi connectivity index (χ1n) is 7.53. The van der Waals surface area contributed by atoms with E-state index in [4.69, 9.17) is 9.47 Å². The van der Waals surface area contributed by atoms with Crippen molar-refractivity contribution in [3.05, 3.63) is 65.7 Å². The van der Waals surface area contributed by atoms with Crippen LogP contribution >= 0.6 is 0 Å². The Morgan fingerprint density at radius 3 is 2.92 bits per heavy atom. The number of hydrogen-bond donors (Lipinski definition) is 1. The normalized spacial score (nSPS) is 12.2. The van der Waals surface area contributed by atoms with E-state index in [9.17, 15) is 9.18 Å². The Morgan fingerprint density at radius 1 is 1.20 bits per heavy atom. The zero-order valence-corrected chi connectivity index (χ0v) is 13.0. The summed E-state index contributed by atoms with van der Waals surface area (Å²) in [5.41, 5.74) is 0.885. The summed E-state index contributed by atoms with van der Waals surface area (Å²) in [6.07, 6.45) is 1.43. The van der Waals surface area contributed by atoms with Gasteiger partial charge in [-0.1, -0.05) is 18.2 Å². The van der Waals surface area contributed by atoms with Crippen LogP contribution in [0.5, 0.6) is 11.5 Å². The Hall–Kier alpha value is -3.42. The maximum absolute atomic E-state index is 13.7. The zero-order valence-electron chi connectivity index (χ0n) is 13.0. The Labute approximate surface area is 142 Å². The molecule has 2 aromatic carbocycles. The highest BCUT2D eigenvalue weighted by atomic mass is 19.1. The maximum Gasteiger partial charge on any atom is 0.258 e. The van der Waals surface area contributed by atoms with E-state index in [1.807, 2.05) is 0 Å². The molecule has 126 valence electrons. The number of anilines is 1. The molecule has 1 aromatic heterocycles. The van der Waals surface area contributed by atoms with Gasteiger partial charge >= 0.3 is 0 Å². The zero-order chi connectivity index (χ0) is 17.2. The molecule has 7 nitrogen and oxygen atoms in total. The third-order valence-corrected chi connectivity index (χ3v) is 3.69. The van der Waals surface area contributed by atoms with Crippen molar-refractivity contribution in [1.29, 1.82) is 0 Å². The second-order valence-corrected chi connectivity index (χ2v) is 5.38. The smallest absolute Gasteiger partial charge is 0.258 e. The van der Waals surface area contributed by atoms with Crippen molar-refractivity contribution in [2.24, 2.45) is 0 Å². The molecule has 25 heavy (non-hydrogen) atoms. The second kappa shape index (κ2) is 6.23. The number of nitrogens with one attached hydrogen (secondary N) is 1. The van der Waals surface area contributed by atoms with Crippen molar-refractivity contribution in [2.75, 3.05) is 12.1 Å². The van der Waals surface area contributed by atoms with Gasteiger partial charge in [0.15, 0.2) is 11.5 Å². The summed E-state index contributed by atoms with van der Waals surface area (Å²) in [7, 11) is 0. The van der Waals surface area contributed by atoms with E-state index in [0.29, 0.717) is 22.6 Å². The average molecular weight is 340 g/mol. The highest BCUT2D eigenvalue weighted by Crippen LogP contribution is 2.32. The minimum atomic E-state index is -0.373. The molecule has 0 saturated carbocycles. The third-order valence-electron chi connectivity index (χ3n) is 3.69. The summed E-state index contributed by atoms with van der Waals surface area (Å²) in [5.74, 6) is 0.569. The average Bonchev–Trinajstić information content (AvgIpc) is 3.25. The lowest BCUT2D eigenvalue weighted by molar-refractivity contribution is 0.102. The molecule has 0 saturated heterocycles. The molecule has 4 rings (SSSR count). The Balaban J connectivity index is 1.46. The van der Waals surface area contributed by atoms with Gasteiger partial charge in [-0.15, -0.1) is 5.10 Å². The standard InChI is InChI=1S/C17H13FN4O3/c18-13-4-2-1-3-12(13)8-22-9-19-17(21-22)20-16(23)11-5-6-14-15(7-11)25-10-24-14/h1-7,9H,8,10H2,(H,20,21,23). The van der Waals surface area contributed by atoms with Crippen molar-refractivity contribution in [2.45, 2.75) is 6.54 Å². The van der Waals surface area contributed by atoms with Gasteiger partial charge in [0.05, 0.1) is 6.54 Å². The SMILES string of the molecule is O=C(Nc1ncn(Cc2ccccc2F)n1)c1ccc2c(c1)OCO2. The van der Waals surface area contributed by atoms with Crippen LogP contribution in [0.2, 0.25) is 0 Å². The number of ether oxygens (including phenoxy) is 2. The fourth-order valence-corrected chi connectivity index (χ4v) is 2.44. The van der Waals surface area contributed by atoms with Crippen LogP contribution in [0.25, 0.3) is 0 Å².